The van der Waals surface area contributed by atoms with E-state index in [1.54, 1.807) is 5.06 Å². The zero-order chi connectivity index (χ0) is 17.9. The first-order valence-electron chi connectivity index (χ1n) is 8.74. The second-order valence-corrected chi connectivity index (χ2v) is 7.43. The Labute approximate surface area is 150 Å². The van der Waals surface area contributed by atoms with Crippen LogP contribution in [0.5, 0.6) is 0 Å². The molecule has 1 aromatic carbocycles. The van der Waals surface area contributed by atoms with Gasteiger partial charge < -0.3 is 23.7 Å². The van der Waals surface area contributed by atoms with Crippen LogP contribution in [0.1, 0.15) is 19.4 Å². The van der Waals surface area contributed by atoms with Gasteiger partial charge in [-0.15, -0.1) is 5.06 Å². The SMILES string of the molecule is CC1(C)O[C@H]2O[C@H]3[C@H](OC(=O)[C@]34COCN4OCc3ccccc3)[C@H]2O1. The van der Waals surface area contributed by atoms with E-state index in [0.717, 1.165) is 5.56 Å². The number of esters is 1. The highest BCUT2D eigenvalue weighted by molar-refractivity contribution is 5.85. The standard InChI is InChI=1S/C18H21NO7/c1-17(2)25-13-12-14(24-15(13)26-17)18(16(20)23-12)9-21-10-19(18)22-8-11-6-4-3-5-7-11/h3-7,12-15H,8-10H2,1-2H3/t12-,13-,14+,15-,18+/m1/s1. The van der Waals surface area contributed by atoms with E-state index in [1.165, 1.54) is 0 Å². The average molecular weight is 363 g/mol. The van der Waals surface area contributed by atoms with Crippen LogP contribution in [-0.4, -0.2) is 60.3 Å². The Bertz CT molecular complexity index is 711. The zero-order valence-corrected chi connectivity index (χ0v) is 14.6. The highest BCUT2D eigenvalue weighted by Crippen LogP contribution is 2.48. The lowest BCUT2D eigenvalue weighted by atomic mass is 9.92. The van der Waals surface area contributed by atoms with E-state index in [4.69, 9.17) is 28.5 Å². The van der Waals surface area contributed by atoms with E-state index in [1.807, 2.05) is 44.2 Å². The molecule has 4 fully saturated rings. The minimum absolute atomic E-state index is 0.143. The molecule has 0 aromatic heterocycles. The molecule has 1 spiro atoms. The Kier molecular flexibility index (Phi) is 3.66. The van der Waals surface area contributed by atoms with Crippen LogP contribution in [-0.2, 0) is 39.9 Å². The van der Waals surface area contributed by atoms with Crippen LogP contribution in [0.4, 0.5) is 0 Å². The predicted octanol–water partition coefficient (Wildman–Crippen LogP) is 0.948. The summed E-state index contributed by atoms with van der Waals surface area (Å²) in [7, 11) is 0. The molecule has 4 saturated heterocycles. The summed E-state index contributed by atoms with van der Waals surface area (Å²) in [4.78, 5) is 18.7. The summed E-state index contributed by atoms with van der Waals surface area (Å²) >= 11 is 0. The largest absolute Gasteiger partial charge is 0.455 e. The van der Waals surface area contributed by atoms with Crippen LogP contribution in [0.25, 0.3) is 0 Å². The van der Waals surface area contributed by atoms with Crippen LogP contribution >= 0.6 is 0 Å². The van der Waals surface area contributed by atoms with Crippen LogP contribution in [0, 0.1) is 0 Å². The van der Waals surface area contributed by atoms with Crippen molar-refractivity contribution in [2.75, 3.05) is 13.3 Å². The van der Waals surface area contributed by atoms with E-state index >= 15 is 0 Å². The molecule has 1 aromatic rings. The molecule has 26 heavy (non-hydrogen) atoms. The maximum atomic E-state index is 12.8. The summed E-state index contributed by atoms with van der Waals surface area (Å²) < 4.78 is 28.9. The van der Waals surface area contributed by atoms with Gasteiger partial charge in [-0.25, -0.2) is 4.79 Å². The van der Waals surface area contributed by atoms with Crippen LogP contribution < -0.4 is 0 Å². The van der Waals surface area contributed by atoms with Gasteiger partial charge in [-0.1, -0.05) is 30.3 Å². The maximum Gasteiger partial charge on any atom is 0.334 e. The summed E-state index contributed by atoms with van der Waals surface area (Å²) in [6.45, 7) is 4.25. The van der Waals surface area contributed by atoms with Gasteiger partial charge >= 0.3 is 5.97 Å². The van der Waals surface area contributed by atoms with Gasteiger partial charge in [-0.05, 0) is 19.4 Å². The second-order valence-electron chi connectivity index (χ2n) is 7.43. The summed E-state index contributed by atoms with van der Waals surface area (Å²) in [6, 6.07) is 9.73. The number of carbonyl (C=O) groups excluding carboxylic acids is 1. The van der Waals surface area contributed by atoms with E-state index < -0.39 is 41.9 Å². The summed E-state index contributed by atoms with van der Waals surface area (Å²) in [6.07, 6.45) is -2.13. The number of ether oxygens (including phenoxy) is 5. The van der Waals surface area contributed by atoms with Gasteiger partial charge in [0.05, 0.1) is 13.2 Å². The van der Waals surface area contributed by atoms with Gasteiger partial charge in [0.2, 0.25) is 0 Å². The Morgan fingerprint density at radius 2 is 2.00 bits per heavy atom. The average Bonchev–Trinajstić information content (AvgIpc) is 3.31. The molecule has 4 aliphatic heterocycles. The first-order chi connectivity index (χ1) is 12.5. The van der Waals surface area contributed by atoms with Crippen molar-refractivity contribution in [2.24, 2.45) is 0 Å². The Hall–Kier alpha value is -1.55. The quantitative estimate of drug-likeness (QED) is 0.735. The van der Waals surface area contributed by atoms with Gasteiger partial charge in [0.25, 0.3) is 0 Å². The molecule has 0 aliphatic carbocycles. The molecule has 4 heterocycles. The number of hydroxylamine groups is 2. The molecule has 5 atom stereocenters. The molecule has 0 unspecified atom stereocenters. The molecule has 0 N–H and O–H groups in total. The highest BCUT2D eigenvalue weighted by Gasteiger charge is 2.73. The third-order valence-electron chi connectivity index (χ3n) is 5.26. The van der Waals surface area contributed by atoms with Crippen molar-refractivity contribution in [1.82, 2.24) is 5.06 Å². The zero-order valence-electron chi connectivity index (χ0n) is 14.6. The number of rotatable bonds is 3. The number of nitrogens with zero attached hydrogens (tertiary/aromatic N) is 1. The normalized spacial score (nSPS) is 40.8. The van der Waals surface area contributed by atoms with Crippen molar-refractivity contribution in [3.63, 3.8) is 0 Å². The number of hydrogen-bond donors (Lipinski definition) is 0. The molecule has 0 amide bonds. The van der Waals surface area contributed by atoms with Gasteiger partial charge in [-0.3, -0.25) is 4.84 Å². The van der Waals surface area contributed by atoms with Crippen molar-refractivity contribution in [1.29, 1.82) is 0 Å². The minimum Gasteiger partial charge on any atom is -0.455 e. The van der Waals surface area contributed by atoms with Crippen molar-refractivity contribution in [3.05, 3.63) is 35.9 Å². The molecule has 4 aliphatic rings. The maximum absolute atomic E-state index is 12.8. The Morgan fingerprint density at radius 3 is 2.81 bits per heavy atom. The van der Waals surface area contributed by atoms with Crippen LogP contribution in [0.3, 0.4) is 0 Å². The van der Waals surface area contributed by atoms with Crippen molar-refractivity contribution < 1.29 is 33.3 Å². The molecule has 0 saturated carbocycles. The van der Waals surface area contributed by atoms with E-state index in [2.05, 4.69) is 0 Å². The predicted molar refractivity (Wildman–Crippen MR) is 85.2 cm³/mol. The Balaban J connectivity index is 1.37. The third-order valence-corrected chi connectivity index (χ3v) is 5.26. The summed E-state index contributed by atoms with van der Waals surface area (Å²) in [5.41, 5.74) is -0.143. The van der Waals surface area contributed by atoms with Gasteiger partial charge in [0, 0.05) is 0 Å². The Morgan fingerprint density at radius 1 is 1.19 bits per heavy atom. The molecular weight excluding hydrogens is 342 g/mol. The third kappa shape index (κ3) is 2.34. The molecular formula is C18H21NO7. The molecule has 0 radical (unpaired) electrons. The first-order valence-corrected chi connectivity index (χ1v) is 8.74. The topological polar surface area (TPSA) is 75.7 Å². The fourth-order valence-electron chi connectivity index (χ4n) is 4.07. The van der Waals surface area contributed by atoms with Crippen molar-refractivity contribution in [3.8, 4) is 0 Å². The van der Waals surface area contributed by atoms with E-state index in [-0.39, 0.29) is 13.3 Å². The van der Waals surface area contributed by atoms with E-state index in [0.29, 0.717) is 6.61 Å². The fourth-order valence-corrected chi connectivity index (χ4v) is 4.07. The lowest BCUT2D eigenvalue weighted by molar-refractivity contribution is -0.253. The van der Waals surface area contributed by atoms with Crippen LogP contribution in [0.2, 0.25) is 0 Å². The molecule has 0 bridgehead atoms. The monoisotopic (exact) mass is 363 g/mol. The van der Waals surface area contributed by atoms with Gasteiger partial charge in [-0.2, -0.15) is 0 Å². The van der Waals surface area contributed by atoms with E-state index in [9.17, 15) is 4.79 Å². The molecule has 140 valence electrons. The fraction of sp³-hybridized carbons (Fsp3) is 0.611. The van der Waals surface area contributed by atoms with Crippen LogP contribution in [0.15, 0.2) is 30.3 Å². The second kappa shape index (κ2) is 5.72. The molecule has 5 rings (SSSR count). The first kappa shape index (κ1) is 16.6. The molecule has 8 nitrogen and oxygen atoms in total. The summed E-state index contributed by atoms with van der Waals surface area (Å²) in [5.74, 6) is -1.18. The van der Waals surface area contributed by atoms with Crippen molar-refractivity contribution >= 4 is 5.97 Å². The lowest BCUT2D eigenvalue weighted by Gasteiger charge is -2.32. The minimum atomic E-state index is -1.14. The van der Waals surface area contributed by atoms with Gasteiger partial charge in [0.1, 0.15) is 12.8 Å². The number of benzene rings is 1. The summed E-state index contributed by atoms with van der Waals surface area (Å²) in [5, 5.41) is 1.54. The molecule has 8 heteroatoms. The number of hydrogen-bond acceptors (Lipinski definition) is 8. The smallest absolute Gasteiger partial charge is 0.334 e. The number of carbonyl (C=O) groups is 1. The number of fused-ring (bicyclic) bond motifs is 4. The van der Waals surface area contributed by atoms with Gasteiger partial charge in [0.15, 0.2) is 29.8 Å². The lowest BCUT2D eigenvalue weighted by Crippen LogP contribution is -2.58. The highest BCUT2D eigenvalue weighted by atomic mass is 16.9. The van der Waals surface area contributed by atoms with Crippen molar-refractivity contribution in [2.45, 2.75) is 56.4 Å².